The SMILES string of the molecule is Clc1cncc(Cl)c1N[C@H]1CCCNC1. The van der Waals surface area contributed by atoms with Crippen LogP contribution in [0.2, 0.25) is 10.0 Å². The first-order valence-corrected chi connectivity index (χ1v) is 5.79. The van der Waals surface area contributed by atoms with E-state index in [0.29, 0.717) is 16.1 Å². The number of hydrogen-bond acceptors (Lipinski definition) is 3. The third-order valence-corrected chi connectivity index (χ3v) is 3.07. The zero-order valence-electron chi connectivity index (χ0n) is 8.26. The Morgan fingerprint density at radius 3 is 2.67 bits per heavy atom. The number of halogens is 2. The molecule has 0 amide bonds. The second kappa shape index (κ2) is 5.01. The normalized spacial score (nSPS) is 21.3. The van der Waals surface area contributed by atoms with Crippen molar-refractivity contribution in [3.8, 4) is 0 Å². The minimum atomic E-state index is 0.399. The fourth-order valence-electron chi connectivity index (χ4n) is 1.73. The van der Waals surface area contributed by atoms with E-state index >= 15 is 0 Å². The lowest BCUT2D eigenvalue weighted by Gasteiger charge is -2.25. The zero-order valence-corrected chi connectivity index (χ0v) is 9.78. The van der Waals surface area contributed by atoms with Crippen molar-refractivity contribution >= 4 is 28.9 Å². The van der Waals surface area contributed by atoms with Gasteiger partial charge >= 0.3 is 0 Å². The third-order valence-electron chi connectivity index (χ3n) is 2.50. The number of hydrogen-bond donors (Lipinski definition) is 2. The number of nitrogens with zero attached hydrogens (tertiary/aromatic N) is 1. The lowest BCUT2D eigenvalue weighted by atomic mass is 10.1. The van der Waals surface area contributed by atoms with E-state index in [0.717, 1.165) is 25.2 Å². The zero-order chi connectivity index (χ0) is 10.7. The van der Waals surface area contributed by atoms with Crippen LogP contribution in [-0.4, -0.2) is 24.1 Å². The molecule has 0 spiro atoms. The van der Waals surface area contributed by atoms with Gasteiger partial charge in [0, 0.05) is 25.0 Å². The summed E-state index contributed by atoms with van der Waals surface area (Å²) in [5.41, 5.74) is 0.794. The molecule has 1 atom stereocenters. The Kier molecular flexibility index (Phi) is 3.67. The van der Waals surface area contributed by atoms with E-state index < -0.39 is 0 Å². The number of nitrogens with one attached hydrogen (secondary N) is 2. The van der Waals surface area contributed by atoms with E-state index in [2.05, 4.69) is 15.6 Å². The van der Waals surface area contributed by atoms with Gasteiger partial charge in [0.05, 0.1) is 15.7 Å². The average molecular weight is 246 g/mol. The maximum atomic E-state index is 6.02. The summed E-state index contributed by atoms with van der Waals surface area (Å²) >= 11 is 12.0. The molecule has 0 bridgehead atoms. The summed E-state index contributed by atoms with van der Waals surface area (Å²) < 4.78 is 0. The highest BCUT2D eigenvalue weighted by Gasteiger charge is 2.15. The Bertz CT molecular complexity index is 317. The largest absolute Gasteiger partial charge is 0.379 e. The number of rotatable bonds is 2. The van der Waals surface area contributed by atoms with Crippen molar-refractivity contribution in [2.24, 2.45) is 0 Å². The Morgan fingerprint density at radius 1 is 1.33 bits per heavy atom. The van der Waals surface area contributed by atoms with Gasteiger partial charge in [0.15, 0.2) is 0 Å². The van der Waals surface area contributed by atoms with Crippen molar-refractivity contribution in [2.45, 2.75) is 18.9 Å². The van der Waals surface area contributed by atoms with Crippen molar-refractivity contribution in [3.05, 3.63) is 22.4 Å². The van der Waals surface area contributed by atoms with E-state index in [9.17, 15) is 0 Å². The van der Waals surface area contributed by atoms with Crippen molar-refractivity contribution in [1.29, 1.82) is 0 Å². The van der Waals surface area contributed by atoms with Gasteiger partial charge in [-0.2, -0.15) is 0 Å². The minimum absolute atomic E-state index is 0.399. The first kappa shape index (κ1) is 11.0. The molecule has 82 valence electrons. The highest BCUT2D eigenvalue weighted by molar-refractivity contribution is 6.38. The predicted molar refractivity (Wildman–Crippen MR) is 63.8 cm³/mol. The maximum Gasteiger partial charge on any atom is 0.0836 e. The number of aromatic nitrogens is 1. The van der Waals surface area contributed by atoms with Gasteiger partial charge in [-0.05, 0) is 19.4 Å². The molecule has 0 radical (unpaired) electrons. The summed E-state index contributed by atoms with van der Waals surface area (Å²) in [6.07, 6.45) is 5.53. The molecule has 2 N–H and O–H groups in total. The summed E-state index contributed by atoms with van der Waals surface area (Å²) in [6, 6.07) is 0.399. The van der Waals surface area contributed by atoms with Gasteiger partial charge in [-0.25, -0.2) is 0 Å². The number of pyridine rings is 1. The summed E-state index contributed by atoms with van der Waals surface area (Å²) in [7, 11) is 0. The molecule has 15 heavy (non-hydrogen) atoms. The molecule has 2 heterocycles. The highest BCUT2D eigenvalue weighted by Crippen LogP contribution is 2.29. The molecule has 0 unspecified atom stereocenters. The third kappa shape index (κ3) is 2.74. The standard InChI is InChI=1S/C10H13Cl2N3/c11-8-5-14-6-9(12)10(8)15-7-2-1-3-13-4-7/h5-7,13H,1-4H2,(H,14,15)/t7-/m0/s1. The van der Waals surface area contributed by atoms with Crippen molar-refractivity contribution in [3.63, 3.8) is 0 Å². The van der Waals surface area contributed by atoms with Gasteiger partial charge in [-0.3, -0.25) is 4.98 Å². The molecule has 1 saturated heterocycles. The first-order chi connectivity index (χ1) is 7.27. The van der Waals surface area contributed by atoms with Gasteiger partial charge in [0.1, 0.15) is 0 Å². The molecule has 0 aromatic carbocycles. The van der Waals surface area contributed by atoms with Crippen LogP contribution in [0.1, 0.15) is 12.8 Å². The van der Waals surface area contributed by atoms with Crippen LogP contribution in [0.25, 0.3) is 0 Å². The molecule has 2 rings (SSSR count). The molecule has 5 heteroatoms. The van der Waals surface area contributed by atoms with Crippen molar-refractivity contribution in [2.75, 3.05) is 18.4 Å². The minimum Gasteiger partial charge on any atom is -0.379 e. The lowest BCUT2D eigenvalue weighted by Crippen LogP contribution is -2.38. The molecule has 1 aliphatic rings. The molecule has 0 aliphatic carbocycles. The first-order valence-electron chi connectivity index (χ1n) is 5.03. The van der Waals surface area contributed by atoms with Crippen LogP contribution in [0.4, 0.5) is 5.69 Å². The van der Waals surface area contributed by atoms with Gasteiger partial charge in [0.2, 0.25) is 0 Å². The van der Waals surface area contributed by atoms with Crippen molar-refractivity contribution in [1.82, 2.24) is 10.3 Å². The van der Waals surface area contributed by atoms with Crippen LogP contribution >= 0.6 is 23.2 Å². The fraction of sp³-hybridized carbons (Fsp3) is 0.500. The van der Waals surface area contributed by atoms with Gasteiger partial charge in [0.25, 0.3) is 0 Å². The molecule has 1 aromatic heterocycles. The van der Waals surface area contributed by atoms with E-state index in [1.165, 1.54) is 6.42 Å². The Hall–Kier alpha value is -0.510. The summed E-state index contributed by atoms with van der Waals surface area (Å²) in [4.78, 5) is 3.92. The molecular formula is C10H13Cl2N3. The monoisotopic (exact) mass is 245 g/mol. The van der Waals surface area contributed by atoms with E-state index in [-0.39, 0.29) is 0 Å². The second-order valence-corrected chi connectivity index (χ2v) is 4.48. The fourth-order valence-corrected chi connectivity index (χ4v) is 2.20. The van der Waals surface area contributed by atoms with E-state index in [1.807, 2.05) is 0 Å². The second-order valence-electron chi connectivity index (χ2n) is 3.67. The van der Waals surface area contributed by atoms with Crippen molar-refractivity contribution < 1.29 is 0 Å². The summed E-state index contributed by atoms with van der Waals surface area (Å²) in [5.74, 6) is 0. The summed E-state index contributed by atoms with van der Waals surface area (Å²) in [5, 5.41) is 7.83. The smallest absolute Gasteiger partial charge is 0.0836 e. The van der Waals surface area contributed by atoms with Gasteiger partial charge in [-0.15, -0.1) is 0 Å². The Balaban J connectivity index is 2.09. The van der Waals surface area contributed by atoms with Crippen LogP contribution in [-0.2, 0) is 0 Å². The molecule has 3 nitrogen and oxygen atoms in total. The lowest BCUT2D eigenvalue weighted by molar-refractivity contribution is 0.480. The molecular weight excluding hydrogens is 233 g/mol. The maximum absolute atomic E-state index is 6.02. The Labute approximate surface area is 99.2 Å². The highest BCUT2D eigenvalue weighted by atomic mass is 35.5. The van der Waals surface area contributed by atoms with E-state index in [4.69, 9.17) is 23.2 Å². The molecule has 0 saturated carbocycles. The molecule has 1 aliphatic heterocycles. The molecule has 1 aromatic rings. The van der Waals surface area contributed by atoms with Crippen LogP contribution in [0, 0.1) is 0 Å². The van der Waals surface area contributed by atoms with Gasteiger partial charge < -0.3 is 10.6 Å². The summed E-state index contributed by atoms with van der Waals surface area (Å²) in [6.45, 7) is 2.05. The quantitative estimate of drug-likeness (QED) is 0.842. The van der Waals surface area contributed by atoms with Crippen LogP contribution in [0.3, 0.4) is 0 Å². The van der Waals surface area contributed by atoms with Crippen LogP contribution in [0.15, 0.2) is 12.4 Å². The van der Waals surface area contributed by atoms with E-state index in [1.54, 1.807) is 12.4 Å². The topological polar surface area (TPSA) is 37.0 Å². The number of anilines is 1. The van der Waals surface area contributed by atoms with Crippen LogP contribution < -0.4 is 10.6 Å². The van der Waals surface area contributed by atoms with Gasteiger partial charge in [-0.1, -0.05) is 23.2 Å². The molecule has 1 fully saturated rings. The Morgan fingerprint density at radius 2 is 2.07 bits per heavy atom. The number of piperidine rings is 1. The predicted octanol–water partition coefficient (Wildman–Crippen LogP) is 2.55. The van der Waals surface area contributed by atoms with Crippen LogP contribution in [0.5, 0.6) is 0 Å². The average Bonchev–Trinajstić information content (AvgIpc) is 2.25.